The number of carboxylic acid groups (broad SMARTS) is 1. The standard InChI is InChI=1S/C15H13FN2O5.C5H9NO2/c16-9-3-1-2-8-12(9)15(23)18(13(8)21)10-4-5-11(20)17(6-7-19)14(10)22;7-5(8)4-2-1-3-6-4/h1-3,10,19H,4-7H2;4,6H,1-3H2,(H,7,8)/t;4-/m.0/s1. The monoisotopic (exact) mass is 435 g/mol. The zero-order valence-corrected chi connectivity index (χ0v) is 16.5. The molecule has 3 N–H and O–H groups in total. The van der Waals surface area contributed by atoms with Crippen LogP contribution < -0.4 is 5.32 Å². The average Bonchev–Trinajstić information content (AvgIpc) is 3.35. The molecule has 3 heterocycles. The van der Waals surface area contributed by atoms with E-state index in [4.69, 9.17) is 10.2 Å². The molecule has 3 aliphatic heterocycles. The highest BCUT2D eigenvalue weighted by Crippen LogP contribution is 2.30. The number of benzene rings is 1. The van der Waals surface area contributed by atoms with Crippen molar-refractivity contribution in [2.24, 2.45) is 0 Å². The molecule has 31 heavy (non-hydrogen) atoms. The second kappa shape index (κ2) is 9.31. The molecule has 0 radical (unpaired) electrons. The zero-order valence-electron chi connectivity index (χ0n) is 16.5. The van der Waals surface area contributed by atoms with Crippen LogP contribution in [0.1, 0.15) is 46.4 Å². The predicted molar refractivity (Wildman–Crippen MR) is 102 cm³/mol. The van der Waals surface area contributed by atoms with E-state index in [-0.39, 0.29) is 36.6 Å². The molecule has 4 rings (SSSR count). The highest BCUT2D eigenvalue weighted by molar-refractivity contribution is 6.23. The van der Waals surface area contributed by atoms with Gasteiger partial charge in [0.25, 0.3) is 17.7 Å². The van der Waals surface area contributed by atoms with Gasteiger partial charge in [0.15, 0.2) is 0 Å². The van der Waals surface area contributed by atoms with Gasteiger partial charge in [0.1, 0.15) is 17.9 Å². The number of carbonyl (C=O) groups excluding carboxylic acids is 4. The summed E-state index contributed by atoms with van der Waals surface area (Å²) >= 11 is 0. The Balaban J connectivity index is 0.000000287. The quantitative estimate of drug-likeness (QED) is 0.550. The number of β-amino-alcohol motifs (C(OH)–C–C–N with tert-alkyl or cyclic N) is 1. The van der Waals surface area contributed by atoms with E-state index in [9.17, 15) is 28.4 Å². The third-order valence-electron chi connectivity index (χ3n) is 5.37. The molecule has 11 heteroatoms. The number of aliphatic hydroxyl groups excluding tert-OH is 1. The number of nitrogens with zero attached hydrogens (tertiary/aromatic N) is 2. The van der Waals surface area contributed by atoms with Crippen LogP contribution in [0.5, 0.6) is 0 Å². The second-order valence-corrected chi connectivity index (χ2v) is 7.29. The third kappa shape index (κ3) is 4.32. The Morgan fingerprint density at radius 1 is 1.16 bits per heavy atom. The first-order chi connectivity index (χ1) is 14.8. The molecule has 2 saturated heterocycles. The summed E-state index contributed by atoms with van der Waals surface area (Å²) in [5, 5.41) is 20.2. The number of likely N-dealkylation sites (tertiary alicyclic amines) is 1. The van der Waals surface area contributed by atoms with E-state index in [2.05, 4.69) is 5.32 Å². The van der Waals surface area contributed by atoms with Crippen LogP contribution in [0.15, 0.2) is 18.2 Å². The molecular weight excluding hydrogens is 413 g/mol. The molecule has 166 valence electrons. The van der Waals surface area contributed by atoms with Crippen LogP contribution in [0.25, 0.3) is 0 Å². The largest absolute Gasteiger partial charge is 0.480 e. The minimum absolute atomic E-state index is 0.00726. The molecule has 1 unspecified atom stereocenters. The first-order valence-electron chi connectivity index (χ1n) is 9.85. The normalized spacial score (nSPS) is 23.0. The van der Waals surface area contributed by atoms with E-state index in [0.29, 0.717) is 4.90 Å². The van der Waals surface area contributed by atoms with Crippen molar-refractivity contribution in [3.63, 3.8) is 0 Å². The SMILES string of the molecule is O=C(O)[C@@H]1CCCN1.O=C1CCC(N2C(=O)c3cccc(F)c3C2=O)C(=O)N1CCO. The number of hydrogen-bond acceptors (Lipinski definition) is 7. The van der Waals surface area contributed by atoms with Gasteiger partial charge in [0.05, 0.1) is 24.3 Å². The summed E-state index contributed by atoms with van der Waals surface area (Å²) in [7, 11) is 0. The van der Waals surface area contributed by atoms with Gasteiger partial charge in [0, 0.05) is 6.42 Å². The van der Waals surface area contributed by atoms with Crippen molar-refractivity contribution in [3.8, 4) is 0 Å². The van der Waals surface area contributed by atoms with Crippen molar-refractivity contribution in [2.45, 2.75) is 37.8 Å². The molecule has 0 saturated carbocycles. The van der Waals surface area contributed by atoms with Crippen molar-refractivity contribution in [2.75, 3.05) is 19.7 Å². The molecule has 2 fully saturated rings. The van der Waals surface area contributed by atoms with E-state index < -0.39 is 48.1 Å². The summed E-state index contributed by atoms with van der Waals surface area (Å²) < 4.78 is 13.8. The summed E-state index contributed by atoms with van der Waals surface area (Å²) in [6.07, 6.45) is 1.74. The van der Waals surface area contributed by atoms with Crippen LogP contribution in [0.4, 0.5) is 4.39 Å². The maximum atomic E-state index is 13.8. The lowest BCUT2D eigenvalue weighted by Gasteiger charge is -2.34. The van der Waals surface area contributed by atoms with Gasteiger partial charge < -0.3 is 15.5 Å². The summed E-state index contributed by atoms with van der Waals surface area (Å²) in [5.74, 6) is -4.37. The number of carbonyl (C=O) groups is 5. The highest BCUT2D eigenvalue weighted by Gasteiger charge is 2.47. The molecule has 0 spiro atoms. The number of piperidine rings is 1. The van der Waals surface area contributed by atoms with Crippen LogP contribution in [0.2, 0.25) is 0 Å². The Bertz CT molecular complexity index is 929. The summed E-state index contributed by atoms with van der Waals surface area (Å²) in [4.78, 5) is 60.6. The lowest BCUT2D eigenvalue weighted by molar-refractivity contribution is -0.152. The number of aliphatic carboxylic acids is 1. The number of rotatable bonds is 4. The van der Waals surface area contributed by atoms with Gasteiger partial charge in [-0.05, 0) is 37.9 Å². The Labute approximate surface area is 176 Å². The first-order valence-corrected chi connectivity index (χ1v) is 9.85. The maximum absolute atomic E-state index is 13.8. The number of aliphatic hydroxyl groups is 1. The Hall–Kier alpha value is -3.18. The molecule has 0 aromatic heterocycles. The second-order valence-electron chi connectivity index (χ2n) is 7.29. The van der Waals surface area contributed by atoms with E-state index in [1.54, 1.807) is 0 Å². The van der Waals surface area contributed by atoms with Crippen LogP contribution >= 0.6 is 0 Å². The molecule has 10 nitrogen and oxygen atoms in total. The molecule has 0 aliphatic carbocycles. The molecule has 2 atom stereocenters. The fourth-order valence-electron chi connectivity index (χ4n) is 3.84. The lowest BCUT2D eigenvalue weighted by Crippen LogP contribution is -2.56. The molecule has 0 bridgehead atoms. The number of nitrogens with one attached hydrogen (secondary N) is 1. The van der Waals surface area contributed by atoms with Crippen molar-refractivity contribution in [1.29, 1.82) is 0 Å². The van der Waals surface area contributed by atoms with Crippen LogP contribution in [0, 0.1) is 5.82 Å². The fourth-order valence-corrected chi connectivity index (χ4v) is 3.84. The van der Waals surface area contributed by atoms with Gasteiger partial charge in [-0.1, -0.05) is 6.07 Å². The number of hydrogen-bond donors (Lipinski definition) is 3. The van der Waals surface area contributed by atoms with Crippen LogP contribution in [0.3, 0.4) is 0 Å². The van der Waals surface area contributed by atoms with Gasteiger partial charge >= 0.3 is 5.97 Å². The van der Waals surface area contributed by atoms with E-state index in [0.717, 1.165) is 30.4 Å². The van der Waals surface area contributed by atoms with Gasteiger partial charge in [-0.3, -0.25) is 33.8 Å². The Kier molecular flexibility index (Phi) is 6.76. The maximum Gasteiger partial charge on any atom is 0.320 e. The number of halogens is 1. The lowest BCUT2D eigenvalue weighted by atomic mass is 10.0. The number of imide groups is 2. The number of amides is 4. The molecule has 1 aromatic rings. The summed E-state index contributed by atoms with van der Waals surface area (Å²) in [5.41, 5.74) is -0.440. The zero-order chi connectivity index (χ0) is 22.7. The van der Waals surface area contributed by atoms with Gasteiger partial charge in [-0.25, -0.2) is 4.39 Å². The molecule has 3 aliphatic rings. The Morgan fingerprint density at radius 2 is 1.90 bits per heavy atom. The third-order valence-corrected chi connectivity index (χ3v) is 5.37. The Morgan fingerprint density at radius 3 is 2.45 bits per heavy atom. The van der Waals surface area contributed by atoms with E-state index in [1.165, 1.54) is 12.1 Å². The van der Waals surface area contributed by atoms with Gasteiger partial charge in [-0.2, -0.15) is 0 Å². The minimum atomic E-state index is -1.16. The number of fused-ring (bicyclic) bond motifs is 1. The summed E-state index contributed by atoms with van der Waals surface area (Å²) in [6.45, 7) is 0.240. The minimum Gasteiger partial charge on any atom is -0.480 e. The van der Waals surface area contributed by atoms with E-state index in [1.807, 2.05) is 0 Å². The predicted octanol–water partition coefficient (Wildman–Crippen LogP) is -0.245. The molecule has 1 aromatic carbocycles. The van der Waals surface area contributed by atoms with E-state index >= 15 is 0 Å². The topological polar surface area (TPSA) is 144 Å². The number of carboxylic acids is 1. The van der Waals surface area contributed by atoms with Crippen molar-refractivity contribution >= 4 is 29.6 Å². The van der Waals surface area contributed by atoms with Crippen molar-refractivity contribution in [3.05, 3.63) is 35.1 Å². The van der Waals surface area contributed by atoms with Crippen molar-refractivity contribution in [1.82, 2.24) is 15.1 Å². The van der Waals surface area contributed by atoms with Crippen molar-refractivity contribution < 1.29 is 38.6 Å². The van der Waals surface area contributed by atoms with Gasteiger partial charge in [-0.15, -0.1) is 0 Å². The molecular formula is C20H22FN3O7. The molecule has 4 amide bonds. The first kappa shape index (κ1) is 22.5. The smallest absolute Gasteiger partial charge is 0.320 e. The average molecular weight is 435 g/mol. The fraction of sp³-hybridized carbons (Fsp3) is 0.450. The summed E-state index contributed by atoms with van der Waals surface area (Å²) in [6, 6.07) is 2.27. The van der Waals surface area contributed by atoms with Gasteiger partial charge in [0.2, 0.25) is 5.91 Å². The highest BCUT2D eigenvalue weighted by atomic mass is 19.1. The van der Waals surface area contributed by atoms with Crippen LogP contribution in [-0.2, 0) is 14.4 Å². The van der Waals surface area contributed by atoms with Crippen LogP contribution in [-0.4, -0.2) is 81.4 Å².